The van der Waals surface area contributed by atoms with Gasteiger partial charge >= 0.3 is 5.97 Å². The first-order chi connectivity index (χ1) is 16.3. The van der Waals surface area contributed by atoms with E-state index in [4.69, 9.17) is 14.5 Å². The maximum Gasteiger partial charge on any atom is 0.344 e. The lowest BCUT2D eigenvalue weighted by Gasteiger charge is -2.33. The van der Waals surface area contributed by atoms with Crippen LogP contribution < -0.4 is 4.74 Å². The Kier molecular flexibility index (Phi) is 7.04. The Balaban J connectivity index is 1.70. The minimum atomic E-state index is -0.412. The van der Waals surface area contributed by atoms with Gasteiger partial charge in [0.1, 0.15) is 16.8 Å². The van der Waals surface area contributed by atoms with Crippen LogP contribution in [0, 0.1) is 22.7 Å². The van der Waals surface area contributed by atoms with Crippen LogP contribution in [0.25, 0.3) is 10.8 Å². The zero-order chi connectivity index (χ0) is 24.3. The summed E-state index contributed by atoms with van der Waals surface area (Å²) in [6, 6.07) is 14.2. The van der Waals surface area contributed by atoms with Gasteiger partial charge in [-0.2, -0.15) is 5.26 Å². The second kappa shape index (κ2) is 9.99. The lowest BCUT2D eigenvalue weighted by molar-refractivity contribution is -0.145. The van der Waals surface area contributed by atoms with Crippen molar-refractivity contribution in [3.05, 3.63) is 58.0 Å². The summed E-state index contributed by atoms with van der Waals surface area (Å²) < 4.78 is 10.8. The fourth-order valence-electron chi connectivity index (χ4n) is 4.51. The molecule has 34 heavy (non-hydrogen) atoms. The van der Waals surface area contributed by atoms with Crippen LogP contribution in [0.2, 0.25) is 0 Å². The van der Waals surface area contributed by atoms with E-state index >= 15 is 0 Å². The van der Waals surface area contributed by atoms with Gasteiger partial charge in [-0.3, -0.25) is 0 Å². The molecule has 1 aliphatic carbocycles. The minimum Gasteiger partial charge on any atom is -0.481 e. The Hall–Kier alpha value is -3.17. The molecule has 0 aliphatic heterocycles. The summed E-state index contributed by atoms with van der Waals surface area (Å²) in [5.41, 5.74) is 2.88. The van der Waals surface area contributed by atoms with Gasteiger partial charge in [0.2, 0.25) is 0 Å². The summed E-state index contributed by atoms with van der Waals surface area (Å²) in [6.07, 6.45) is 4.78. The van der Waals surface area contributed by atoms with Crippen LogP contribution >= 0.6 is 11.3 Å². The number of aliphatic imine (C=N–C) groups is 1. The number of carbonyl (C=O) groups excluding carboxylic acids is 1. The molecule has 2 aromatic carbocycles. The van der Waals surface area contributed by atoms with Crippen molar-refractivity contribution >= 4 is 39.3 Å². The molecule has 0 radical (unpaired) electrons. The van der Waals surface area contributed by atoms with E-state index in [0.29, 0.717) is 23.8 Å². The zero-order valence-corrected chi connectivity index (χ0v) is 21.0. The Labute approximate surface area is 205 Å². The Morgan fingerprint density at radius 2 is 2.06 bits per heavy atom. The number of fused-ring (bicyclic) bond motifs is 2. The summed E-state index contributed by atoms with van der Waals surface area (Å²) in [5.74, 6) is 0.746. The number of benzene rings is 2. The van der Waals surface area contributed by atoms with Crippen molar-refractivity contribution in [3.63, 3.8) is 0 Å². The zero-order valence-electron chi connectivity index (χ0n) is 20.2. The molecule has 1 heterocycles. The van der Waals surface area contributed by atoms with E-state index < -0.39 is 5.97 Å². The molecular weight excluding hydrogens is 444 g/mol. The molecule has 0 bridgehead atoms. The Bertz CT molecular complexity index is 1280. The van der Waals surface area contributed by atoms with Crippen LogP contribution in [0.4, 0.5) is 5.00 Å². The van der Waals surface area contributed by atoms with Crippen LogP contribution in [0.1, 0.15) is 55.7 Å². The highest BCUT2D eigenvalue weighted by Crippen LogP contribution is 2.45. The summed E-state index contributed by atoms with van der Waals surface area (Å²) in [6.45, 7) is 8.78. The Morgan fingerprint density at radius 1 is 1.26 bits per heavy atom. The molecule has 1 aliphatic rings. The lowest BCUT2D eigenvalue weighted by atomic mass is 9.72. The number of nitrogens with zero attached hydrogens (tertiary/aromatic N) is 2. The summed E-state index contributed by atoms with van der Waals surface area (Å²) in [4.78, 5) is 17.9. The van der Waals surface area contributed by atoms with Gasteiger partial charge in [0.05, 0.1) is 12.2 Å². The molecule has 3 aromatic rings. The largest absolute Gasteiger partial charge is 0.481 e. The van der Waals surface area contributed by atoms with Crippen molar-refractivity contribution in [1.82, 2.24) is 0 Å². The third-order valence-electron chi connectivity index (χ3n) is 6.48. The molecule has 1 aromatic heterocycles. The van der Waals surface area contributed by atoms with E-state index in [1.165, 1.54) is 4.88 Å². The maximum absolute atomic E-state index is 11.8. The molecule has 176 valence electrons. The van der Waals surface area contributed by atoms with Gasteiger partial charge in [-0.1, -0.05) is 51.1 Å². The van der Waals surface area contributed by atoms with E-state index in [2.05, 4.69) is 26.8 Å². The van der Waals surface area contributed by atoms with E-state index in [-0.39, 0.29) is 12.0 Å². The van der Waals surface area contributed by atoms with Gasteiger partial charge in [-0.15, -0.1) is 11.3 Å². The maximum atomic E-state index is 11.8. The van der Waals surface area contributed by atoms with Gasteiger partial charge in [0.25, 0.3) is 0 Å². The first kappa shape index (κ1) is 24.0. The molecule has 0 spiro atoms. The molecule has 0 N–H and O–H groups in total. The molecule has 0 fully saturated rings. The molecule has 0 unspecified atom stereocenters. The smallest absolute Gasteiger partial charge is 0.344 e. The van der Waals surface area contributed by atoms with Crippen molar-refractivity contribution in [1.29, 1.82) is 5.26 Å². The summed E-state index contributed by atoms with van der Waals surface area (Å²) in [5, 5.41) is 12.7. The van der Waals surface area contributed by atoms with Crippen molar-refractivity contribution in [2.24, 2.45) is 16.3 Å². The standard InChI is InChI=1S/C28H30N2O3S/c1-5-32-26(31)17-33-24-13-10-18-8-6-7-9-20(18)23(24)16-30-27-22(15-29)21-12-11-19(28(2,3)4)14-25(21)34-27/h6-10,13,16,19H,5,11-12,14,17H2,1-4H3/t19-/m0/s1. The van der Waals surface area contributed by atoms with Crippen LogP contribution in [-0.2, 0) is 22.4 Å². The Morgan fingerprint density at radius 3 is 2.79 bits per heavy atom. The molecule has 0 saturated heterocycles. The molecule has 6 heteroatoms. The van der Waals surface area contributed by atoms with E-state index in [0.717, 1.165) is 46.2 Å². The van der Waals surface area contributed by atoms with Crippen LogP contribution in [0.15, 0.2) is 41.4 Å². The van der Waals surface area contributed by atoms with Gasteiger partial charge in [-0.25, -0.2) is 9.79 Å². The lowest BCUT2D eigenvalue weighted by Crippen LogP contribution is -2.26. The second-order valence-corrected chi connectivity index (χ2v) is 10.7. The first-order valence-corrected chi connectivity index (χ1v) is 12.5. The van der Waals surface area contributed by atoms with Gasteiger partial charge < -0.3 is 9.47 Å². The first-order valence-electron chi connectivity index (χ1n) is 11.7. The monoisotopic (exact) mass is 474 g/mol. The van der Waals surface area contributed by atoms with Crippen LogP contribution in [0.3, 0.4) is 0 Å². The number of thiophene rings is 1. The third-order valence-corrected chi connectivity index (χ3v) is 7.64. The number of esters is 1. The average Bonchev–Trinajstić information content (AvgIpc) is 3.17. The topological polar surface area (TPSA) is 71.7 Å². The van der Waals surface area contributed by atoms with Gasteiger partial charge in [-0.05, 0) is 59.9 Å². The fourth-order valence-corrected chi connectivity index (χ4v) is 5.74. The highest BCUT2D eigenvalue weighted by Gasteiger charge is 2.32. The average molecular weight is 475 g/mol. The summed E-state index contributed by atoms with van der Waals surface area (Å²) >= 11 is 1.63. The SMILES string of the molecule is CCOC(=O)COc1ccc2ccccc2c1C=Nc1sc2c(c1C#N)CC[C@H](C(C)(C)C)C2. The molecule has 0 saturated carbocycles. The van der Waals surface area contributed by atoms with E-state index in [9.17, 15) is 10.1 Å². The van der Waals surface area contributed by atoms with Gasteiger partial charge in [0.15, 0.2) is 6.61 Å². The summed E-state index contributed by atoms with van der Waals surface area (Å²) in [7, 11) is 0. The van der Waals surface area contributed by atoms with Gasteiger partial charge in [0, 0.05) is 16.7 Å². The highest BCUT2D eigenvalue weighted by molar-refractivity contribution is 7.16. The van der Waals surface area contributed by atoms with Crippen molar-refractivity contribution in [3.8, 4) is 11.8 Å². The minimum absolute atomic E-state index is 0.169. The van der Waals surface area contributed by atoms with E-state index in [1.807, 2.05) is 36.4 Å². The molecule has 5 nitrogen and oxygen atoms in total. The van der Waals surface area contributed by atoms with Crippen LogP contribution in [-0.4, -0.2) is 25.4 Å². The number of hydrogen-bond acceptors (Lipinski definition) is 6. The number of ether oxygens (including phenoxy) is 2. The predicted molar refractivity (Wildman–Crippen MR) is 137 cm³/mol. The van der Waals surface area contributed by atoms with Crippen molar-refractivity contribution in [2.75, 3.05) is 13.2 Å². The second-order valence-electron chi connectivity index (χ2n) is 9.65. The molecule has 0 amide bonds. The number of nitriles is 1. The third kappa shape index (κ3) is 5.00. The van der Waals surface area contributed by atoms with Crippen molar-refractivity contribution in [2.45, 2.75) is 47.0 Å². The predicted octanol–water partition coefficient (Wildman–Crippen LogP) is 6.62. The van der Waals surface area contributed by atoms with Crippen molar-refractivity contribution < 1.29 is 14.3 Å². The highest BCUT2D eigenvalue weighted by atomic mass is 32.1. The number of hydrogen-bond donors (Lipinski definition) is 0. The van der Waals surface area contributed by atoms with Crippen LogP contribution in [0.5, 0.6) is 5.75 Å². The van der Waals surface area contributed by atoms with E-state index in [1.54, 1.807) is 24.5 Å². The molecule has 4 rings (SSSR count). The molecular formula is C28H30N2O3S. The number of carbonyl (C=O) groups is 1. The normalized spacial score (nSPS) is 15.8. The fraction of sp³-hybridized carbons (Fsp3) is 0.393. The quantitative estimate of drug-likeness (QED) is 0.297. The number of rotatable bonds is 6. The molecule has 1 atom stereocenters.